The van der Waals surface area contributed by atoms with E-state index < -0.39 is 0 Å². The van der Waals surface area contributed by atoms with Crippen molar-refractivity contribution in [3.8, 4) is 17.3 Å². The Bertz CT molecular complexity index is 477. The van der Waals surface area contributed by atoms with E-state index in [-0.39, 0.29) is 0 Å². The molecule has 0 fully saturated rings. The molecule has 0 aliphatic carbocycles. The lowest BCUT2D eigenvalue weighted by Gasteiger charge is -2.04. The molecular formula is C9H7BrN4O. The molecule has 0 N–H and O–H groups in total. The Kier molecular flexibility index (Phi) is 2.86. The van der Waals surface area contributed by atoms with Gasteiger partial charge in [0.2, 0.25) is 5.88 Å². The maximum atomic E-state index is 5.09. The van der Waals surface area contributed by atoms with E-state index >= 15 is 0 Å². The first-order valence-electron chi connectivity index (χ1n) is 4.14. The molecule has 5 nitrogen and oxygen atoms in total. The molecule has 0 amide bonds. The van der Waals surface area contributed by atoms with Crippen LogP contribution < -0.4 is 4.74 Å². The highest BCUT2D eigenvalue weighted by atomic mass is 79.9. The summed E-state index contributed by atoms with van der Waals surface area (Å²) in [6.45, 7) is 0. The van der Waals surface area contributed by atoms with Crippen molar-refractivity contribution in [1.82, 2.24) is 19.9 Å². The Labute approximate surface area is 94.7 Å². The van der Waals surface area contributed by atoms with Gasteiger partial charge in [0.15, 0.2) is 5.69 Å². The fraction of sp³-hybridized carbons (Fsp3) is 0.111. The molecule has 0 saturated carbocycles. The second-order valence-electron chi connectivity index (χ2n) is 2.64. The normalized spacial score (nSPS) is 10.0. The van der Waals surface area contributed by atoms with Gasteiger partial charge in [-0.1, -0.05) is 0 Å². The molecule has 0 aromatic carbocycles. The third-order valence-electron chi connectivity index (χ3n) is 1.73. The van der Waals surface area contributed by atoms with Gasteiger partial charge in [0.05, 0.1) is 12.8 Å². The monoisotopic (exact) mass is 266 g/mol. The van der Waals surface area contributed by atoms with Gasteiger partial charge in [-0.25, -0.2) is 19.9 Å². The molecule has 0 saturated heterocycles. The van der Waals surface area contributed by atoms with Crippen LogP contribution >= 0.6 is 15.9 Å². The van der Waals surface area contributed by atoms with Gasteiger partial charge in [-0.2, -0.15) is 0 Å². The van der Waals surface area contributed by atoms with Crippen LogP contribution in [-0.4, -0.2) is 27.0 Å². The molecule has 0 bridgehead atoms. The summed E-state index contributed by atoms with van der Waals surface area (Å²) in [4.78, 5) is 16.2. The zero-order valence-electron chi connectivity index (χ0n) is 7.88. The lowest BCUT2D eigenvalue weighted by Crippen LogP contribution is -1.95. The van der Waals surface area contributed by atoms with E-state index in [1.807, 2.05) is 0 Å². The standard InChI is InChI=1S/C9H7BrN4O/c1-15-9-8(11-2-3-12-9)6-4-7(10)14-5-13-6/h2-5H,1H3. The van der Waals surface area contributed by atoms with Gasteiger partial charge in [-0.3, -0.25) is 0 Å². The summed E-state index contributed by atoms with van der Waals surface area (Å²) in [6, 6.07) is 1.76. The van der Waals surface area contributed by atoms with Crippen LogP contribution in [0, 0.1) is 0 Å². The molecule has 0 unspecified atom stereocenters. The van der Waals surface area contributed by atoms with Crippen molar-refractivity contribution in [3.05, 3.63) is 29.4 Å². The molecule has 2 heterocycles. The third kappa shape index (κ3) is 2.10. The van der Waals surface area contributed by atoms with Crippen LogP contribution in [-0.2, 0) is 0 Å². The van der Waals surface area contributed by atoms with Gasteiger partial charge in [0, 0.05) is 12.4 Å². The van der Waals surface area contributed by atoms with Gasteiger partial charge in [-0.15, -0.1) is 0 Å². The van der Waals surface area contributed by atoms with Gasteiger partial charge < -0.3 is 4.74 Å². The van der Waals surface area contributed by atoms with E-state index in [4.69, 9.17) is 4.74 Å². The van der Waals surface area contributed by atoms with Gasteiger partial charge >= 0.3 is 0 Å². The number of rotatable bonds is 2. The highest BCUT2D eigenvalue weighted by Gasteiger charge is 2.09. The van der Waals surface area contributed by atoms with E-state index in [1.54, 1.807) is 25.6 Å². The number of halogens is 1. The largest absolute Gasteiger partial charge is 0.479 e. The average Bonchev–Trinajstić information content (AvgIpc) is 2.29. The Morgan fingerprint density at radius 2 is 1.93 bits per heavy atom. The zero-order valence-corrected chi connectivity index (χ0v) is 9.47. The lowest BCUT2D eigenvalue weighted by molar-refractivity contribution is 0.397. The van der Waals surface area contributed by atoms with Crippen LogP contribution in [0.3, 0.4) is 0 Å². The molecule has 2 rings (SSSR count). The highest BCUT2D eigenvalue weighted by molar-refractivity contribution is 9.10. The van der Waals surface area contributed by atoms with Gasteiger partial charge in [0.25, 0.3) is 0 Å². The van der Waals surface area contributed by atoms with Crippen molar-refractivity contribution in [3.63, 3.8) is 0 Å². The predicted molar refractivity (Wildman–Crippen MR) is 57.3 cm³/mol. The summed E-state index contributed by atoms with van der Waals surface area (Å²) in [6.07, 6.45) is 4.61. The van der Waals surface area contributed by atoms with E-state index in [2.05, 4.69) is 35.9 Å². The first kappa shape index (κ1) is 9.97. The maximum absolute atomic E-state index is 5.09. The van der Waals surface area contributed by atoms with Crippen molar-refractivity contribution >= 4 is 15.9 Å². The quantitative estimate of drug-likeness (QED) is 0.775. The molecule has 2 aromatic rings. The minimum absolute atomic E-state index is 0.447. The van der Waals surface area contributed by atoms with Crippen molar-refractivity contribution < 1.29 is 4.74 Å². The van der Waals surface area contributed by atoms with Crippen molar-refractivity contribution in [2.75, 3.05) is 7.11 Å². The highest BCUT2D eigenvalue weighted by Crippen LogP contribution is 2.23. The zero-order chi connectivity index (χ0) is 10.7. The molecule has 76 valence electrons. The van der Waals surface area contributed by atoms with Crippen molar-refractivity contribution in [2.45, 2.75) is 0 Å². The number of hydrogen-bond acceptors (Lipinski definition) is 5. The molecule has 6 heteroatoms. The topological polar surface area (TPSA) is 60.8 Å². The van der Waals surface area contributed by atoms with Crippen LogP contribution in [0.15, 0.2) is 29.4 Å². The number of methoxy groups -OCH3 is 1. The lowest BCUT2D eigenvalue weighted by atomic mass is 10.3. The molecular weight excluding hydrogens is 260 g/mol. The second kappa shape index (κ2) is 4.31. The fourth-order valence-electron chi connectivity index (χ4n) is 1.11. The predicted octanol–water partition coefficient (Wildman–Crippen LogP) is 1.70. The third-order valence-corrected chi connectivity index (χ3v) is 2.17. The Hall–Kier alpha value is -1.56. The number of ether oxygens (including phenoxy) is 1. The van der Waals surface area contributed by atoms with Gasteiger partial charge in [-0.05, 0) is 22.0 Å². The summed E-state index contributed by atoms with van der Waals surface area (Å²) >= 11 is 3.27. The van der Waals surface area contributed by atoms with Crippen LogP contribution in [0.4, 0.5) is 0 Å². The molecule has 15 heavy (non-hydrogen) atoms. The van der Waals surface area contributed by atoms with Gasteiger partial charge in [0.1, 0.15) is 10.9 Å². The smallest absolute Gasteiger partial charge is 0.241 e. The van der Waals surface area contributed by atoms with E-state index in [0.717, 1.165) is 0 Å². The van der Waals surface area contributed by atoms with E-state index in [9.17, 15) is 0 Å². The second-order valence-corrected chi connectivity index (χ2v) is 3.45. The molecule has 0 radical (unpaired) electrons. The summed E-state index contributed by atoms with van der Waals surface area (Å²) in [5.41, 5.74) is 1.27. The van der Waals surface area contributed by atoms with Crippen molar-refractivity contribution in [1.29, 1.82) is 0 Å². The molecule has 0 spiro atoms. The van der Waals surface area contributed by atoms with E-state index in [0.29, 0.717) is 21.9 Å². The number of nitrogens with zero attached hydrogens (tertiary/aromatic N) is 4. The molecule has 0 aliphatic rings. The Balaban J connectivity index is 2.53. The minimum atomic E-state index is 0.447. The Morgan fingerprint density at radius 1 is 1.13 bits per heavy atom. The van der Waals surface area contributed by atoms with Crippen LogP contribution in [0.5, 0.6) is 5.88 Å². The molecule has 2 aromatic heterocycles. The SMILES string of the molecule is COc1nccnc1-c1cc(Br)ncn1. The van der Waals surface area contributed by atoms with Crippen LogP contribution in [0.1, 0.15) is 0 Å². The Morgan fingerprint density at radius 3 is 2.67 bits per heavy atom. The summed E-state index contributed by atoms with van der Waals surface area (Å²) in [5, 5.41) is 0. The average molecular weight is 267 g/mol. The number of hydrogen-bond donors (Lipinski definition) is 0. The molecule has 0 atom stereocenters. The fourth-order valence-corrected chi connectivity index (χ4v) is 1.42. The first-order chi connectivity index (χ1) is 7.31. The van der Waals surface area contributed by atoms with Crippen LogP contribution in [0.25, 0.3) is 11.4 Å². The summed E-state index contributed by atoms with van der Waals surface area (Å²) in [7, 11) is 1.55. The first-order valence-corrected chi connectivity index (χ1v) is 4.93. The van der Waals surface area contributed by atoms with E-state index in [1.165, 1.54) is 6.33 Å². The summed E-state index contributed by atoms with van der Waals surface area (Å²) < 4.78 is 5.78. The molecule has 0 aliphatic heterocycles. The van der Waals surface area contributed by atoms with Crippen LogP contribution in [0.2, 0.25) is 0 Å². The number of aromatic nitrogens is 4. The summed E-state index contributed by atoms with van der Waals surface area (Å²) in [5.74, 6) is 0.447. The maximum Gasteiger partial charge on any atom is 0.241 e. The minimum Gasteiger partial charge on any atom is -0.479 e. The van der Waals surface area contributed by atoms with Crippen molar-refractivity contribution in [2.24, 2.45) is 0 Å².